The molecular weight excluding hydrogens is 471 g/mol. The van der Waals surface area contributed by atoms with E-state index in [1.807, 2.05) is 78.9 Å². The second-order valence-corrected chi connectivity index (χ2v) is 9.27. The quantitative estimate of drug-likeness (QED) is 0.375. The van der Waals surface area contributed by atoms with Crippen LogP contribution in [0.1, 0.15) is 23.1 Å². The second kappa shape index (κ2) is 12.3. The van der Waals surface area contributed by atoms with E-state index in [4.69, 9.17) is 32.8 Å². The van der Waals surface area contributed by atoms with Crippen molar-refractivity contribution >= 4 is 28.9 Å². The highest BCUT2D eigenvalue weighted by Gasteiger charge is 2.26. The fourth-order valence-corrected chi connectivity index (χ4v) is 4.46. The third-order valence-corrected chi connectivity index (χ3v) is 6.13. The van der Waals surface area contributed by atoms with Gasteiger partial charge < -0.3 is 14.7 Å². The number of aliphatic hydroxyl groups is 1. The molecule has 0 saturated carbocycles. The van der Waals surface area contributed by atoms with Gasteiger partial charge >= 0.3 is 0 Å². The van der Waals surface area contributed by atoms with Crippen LogP contribution < -0.4 is 0 Å². The minimum Gasteiger partial charge on any atom is -0.390 e. The zero-order valence-corrected chi connectivity index (χ0v) is 20.3. The first-order chi connectivity index (χ1) is 16.6. The Morgan fingerprint density at radius 3 is 2.56 bits per heavy atom. The maximum absolute atomic E-state index is 10.7. The van der Waals surface area contributed by atoms with Crippen LogP contribution >= 0.6 is 23.2 Å². The lowest BCUT2D eigenvalue weighted by Crippen LogP contribution is -2.39. The van der Waals surface area contributed by atoms with Crippen LogP contribution in [0.4, 0.5) is 0 Å². The Morgan fingerprint density at radius 2 is 1.76 bits per heavy atom. The Kier molecular flexibility index (Phi) is 8.97. The Bertz CT molecular complexity index is 1090. The largest absolute Gasteiger partial charge is 0.390 e. The highest BCUT2D eigenvalue weighted by Crippen LogP contribution is 2.24. The first-order valence-corrected chi connectivity index (χ1v) is 12.1. The third-order valence-electron chi connectivity index (χ3n) is 5.57. The van der Waals surface area contributed by atoms with Gasteiger partial charge in [-0.1, -0.05) is 89.0 Å². The lowest BCUT2D eigenvalue weighted by atomic mass is 10.0. The van der Waals surface area contributed by atoms with E-state index in [0.717, 1.165) is 22.4 Å². The molecule has 0 amide bonds. The molecule has 3 aromatic rings. The smallest absolute Gasteiger partial charge is 0.145 e. The molecule has 0 aromatic heterocycles. The fourth-order valence-electron chi connectivity index (χ4n) is 4.00. The highest BCUT2D eigenvalue weighted by atomic mass is 35.5. The van der Waals surface area contributed by atoms with Crippen LogP contribution in [0.5, 0.6) is 0 Å². The Morgan fingerprint density at radius 1 is 1.00 bits per heavy atom. The van der Waals surface area contributed by atoms with Crippen molar-refractivity contribution in [1.82, 2.24) is 4.90 Å². The first kappa shape index (κ1) is 24.7. The first-order valence-electron chi connectivity index (χ1n) is 11.3. The standard InChI is InChI=1S/C27H28Cl2N2O3/c28-22-10-6-9-21(13-22)15-31(16-23(32)19-33-18-20-7-2-1-3-8-20)17-24-14-27(30-34-24)25-11-4-5-12-26(25)29/h1-13,23-24,32H,14-19H2/t23-,24-/m1/s1. The van der Waals surface area contributed by atoms with E-state index in [9.17, 15) is 5.11 Å². The molecule has 0 radical (unpaired) electrons. The minimum atomic E-state index is -0.645. The molecule has 34 heavy (non-hydrogen) atoms. The topological polar surface area (TPSA) is 54.3 Å². The molecule has 2 atom stereocenters. The van der Waals surface area contributed by atoms with Gasteiger partial charge in [-0.15, -0.1) is 0 Å². The third kappa shape index (κ3) is 7.29. The molecule has 178 valence electrons. The van der Waals surface area contributed by atoms with Crippen LogP contribution in [-0.4, -0.2) is 47.6 Å². The van der Waals surface area contributed by atoms with Crippen molar-refractivity contribution in [2.24, 2.45) is 5.16 Å². The van der Waals surface area contributed by atoms with Crippen molar-refractivity contribution < 1.29 is 14.7 Å². The van der Waals surface area contributed by atoms with E-state index in [0.29, 0.717) is 42.7 Å². The summed E-state index contributed by atoms with van der Waals surface area (Å²) in [4.78, 5) is 7.89. The van der Waals surface area contributed by atoms with Gasteiger partial charge in [-0.3, -0.25) is 4.90 Å². The average molecular weight is 499 g/mol. The van der Waals surface area contributed by atoms with Gasteiger partial charge in [0.05, 0.1) is 25.0 Å². The fraction of sp³-hybridized carbons (Fsp3) is 0.296. The number of halogens is 2. The summed E-state index contributed by atoms with van der Waals surface area (Å²) in [7, 11) is 0. The van der Waals surface area contributed by atoms with Crippen LogP contribution in [0.25, 0.3) is 0 Å². The molecule has 1 N–H and O–H groups in total. The molecule has 1 aliphatic heterocycles. The molecule has 0 unspecified atom stereocenters. The molecule has 0 fully saturated rings. The van der Waals surface area contributed by atoms with E-state index >= 15 is 0 Å². The summed E-state index contributed by atoms with van der Waals surface area (Å²) in [5, 5.41) is 16.3. The summed E-state index contributed by atoms with van der Waals surface area (Å²) in [6.07, 6.45) is -0.132. The normalized spacial score (nSPS) is 16.4. The molecule has 0 spiro atoms. The molecule has 5 nitrogen and oxygen atoms in total. The maximum atomic E-state index is 10.7. The zero-order chi connectivity index (χ0) is 23.8. The van der Waals surface area contributed by atoms with Gasteiger partial charge in [-0.05, 0) is 29.3 Å². The van der Waals surface area contributed by atoms with E-state index < -0.39 is 6.10 Å². The van der Waals surface area contributed by atoms with Crippen molar-refractivity contribution in [1.29, 1.82) is 0 Å². The molecule has 0 bridgehead atoms. The molecular formula is C27H28Cl2N2O3. The number of ether oxygens (including phenoxy) is 1. The summed E-state index contributed by atoms with van der Waals surface area (Å²) in [5.74, 6) is 0. The SMILES string of the molecule is O[C@@H](COCc1ccccc1)CN(Cc1cccc(Cl)c1)C[C@H]1CC(c2ccccc2Cl)=NO1. The van der Waals surface area contributed by atoms with E-state index in [1.165, 1.54) is 0 Å². The monoisotopic (exact) mass is 498 g/mol. The molecule has 0 saturated heterocycles. The number of oxime groups is 1. The summed E-state index contributed by atoms with van der Waals surface area (Å²) in [5.41, 5.74) is 3.87. The molecule has 1 aliphatic rings. The summed E-state index contributed by atoms with van der Waals surface area (Å²) >= 11 is 12.5. The van der Waals surface area contributed by atoms with Gasteiger partial charge in [0, 0.05) is 41.7 Å². The average Bonchev–Trinajstić information content (AvgIpc) is 3.28. The van der Waals surface area contributed by atoms with Gasteiger partial charge in [0.2, 0.25) is 0 Å². The molecule has 7 heteroatoms. The van der Waals surface area contributed by atoms with Crippen LogP contribution in [0.2, 0.25) is 10.0 Å². The van der Waals surface area contributed by atoms with Crippen LogP contribution in [0.3, 0.4) is 0 Å². The zero-order valence-electron chi connectivity index (χ0n) is 18.8. The second-order valence-electron chi connectivity index (χ2n) is 8.43. The van der Waals surface area contributed by atoms with Crippen LogP contribution in [0.15, 0.2) is 84.0 Å². The van der Waals surface area contributed by atoms with Crippen molar-refractivity contribution in [3.63, 3.8) is 0 Å². The van der Waals surface area contributed by atoms with E-state index in [-0.39, 0.29) is 12.7 Å². The minimum absolute atomic E-state index is 0.136. The number of hydrogen-bond donors (Lipinski definition) is 1. The van der Waals surface area contributed by atoms with Gasteiger partial charge in [-0.25, -0.2) is 0 Å². The number of nitrogens with zero attached hydrogens (tertiary/aromatic N) is 2. The highest BCUT2D eigenvalue weighted by molar-refractivity contribution is 6.34. The number of benzene rings is 3. The molecule has 4 rings (SSSR count). The lowest BCUT2D eigenvalue weighted by molar-refractivity contribution is -0.00648. The van der Waals surface area contributed by atoms with Crippen LogP contribution in [0, 0.1) is 0 Å². The van der Waals surface area contributed by atoms with Gasteiger partial charge in [0.15, 0.2) is 0 Å². The van der Waals surface area contributed by atoms with Gasteiger partial charge in [0.1, 0.15) is 6.10 Å². The summed E-state index contributed by atoms with van der Waals surface area (Å²) in [6.45, 7) is 2.36. The summed E-state index contributed by atoms with van der Waals surface area (Å²) < 4.78 is 5.74. The number of aliphatic hydroxyl groups excluding tert-OH is 1. The predicted octanol–water partition coefficient (Wildman–Crippen LogP) is 5.57. The van der Waals surface area contributed by atoms with Crippen molar-refractivity contribution in [3.05, 3.63) is 106 Å². The van der Waals surface area contributed by atoms with Crippen molar-refractivity contribution in [2.45, 2.75) is 31.8 Å². The molecule has 3 aromatic carbocycles. The van der Waals surface area contributed by atoms with E-state index in [1.54, 1.807) is 0 Å². The van der Waals surface area contributed by atoms with E-state index in [2.05, 4.69) is 10.1 Å². The number of hydrogen-bond acceptors (Lipinski definition) is 5. The maximum Gasteiger partial charge on any atom is 0.145 e. The van der Waals surface area contributed by atoms with Crippen molar-refractivity contribution in [2.75, 3.05) is 19.7 Å². The molecule has 0 aliphatic carbocycles. The van der Waals surface area contributed by atoms with Gasteiger partial charge in [0.25, 0.3) is 0 Å². The molecule has 1 heterocycles. The van der Waals surface area contributed by atoms with Crippen LogP contribution in [-0.2, 0) is 22.7 Å². The Labute approximate surface area is 210 Å². The predicted molar refractivity (Wildman–Crippen MR) is 136 cm³/mol. The van der Waals surface area contributed by atoms with Crippen molar-refractivity contribution in [3.8, 4) is 0 Å². The van der Waals surface area contributed by atoms with Gasteiger partial charge in [-0.2, -0.15) is 0 Å². The lowest BCUT2D eigenvalue weighted by Gasteiger charge is -2.27. The summed E-state index contributed by atoms with van der Waals surface area (Å²) in [6, 6.07) is 25.3. The Hall–Kier alpha value is -2.41. The number of rotatable bonds is 11. The Balaban J connectivity index is 1.35.